The highest BCUT2D eigenvalue weighted by atomic mass is 32.2. The smallest absolute Gasteiger partial charge is 0.265 e. The monoisotopic (exact) mass is 305 g/mol. The van der Waals surface area contributed by atoms with Gasteiger partial charge in [-0.1, -0.05) is 26.0 Å². The molecule has 0 radical (unpaired) electrons. The SMILES string of the molecule is CNc1ncccc1S(=O)(=O)Nc1ccc(C(C)C)cc1. The van der Waals surface area contributed by atoms with Gasteiger partial charge in [0.15, 0.2) is 0 Å². The van der Waals surface area contributed by atoms with Gasteiger partial charge in [0.05, 0.1) is 0 Å². The topological polar surface area (TPSA) is 71.1 Å². The molecule has 0 aliphatic carbocycles. The molecule has 0 aliphatic rings. The molecule has 2 aromatic rings. The first-order valence-corrected chi connectivity index (χ1v) is 8.18. The molecule has 2 N–H and O–H groups in total. The predicted octanol–water partition coefficient (Wildman–Crippen LogP) is 3.05. The third-order valence-electron chi connectivity index (χ3n) is 3.13. The van der Waals surface area contributed by atoms with Crippen molar-refractivity contribution in [3.63, 3.8) is 0 Å². The van der Waals surface area contributed by atoms with E-state index in [1.807, 2.05) is 12.1 Å². The number of hydrogen-bond acceptors (Lipinski definition) is 4. The van der Waals surface area contributed by atoms with E-state index in [-0.39, 0.29) is 4.90 Å². The Labute approximate surface area is 125 Å². The van der Waals surface area contributed by atoms with Crippen molar-refractivity contribution in [1.82, 2.24) is 4.98 Å². The minimum absolute atomic E-state index is 0.125. The van der Waals surface area contributed by atoms with Crippen LogP contribution in [0.2, 0.25) is 0 Å². The third-order valence-corrected chi connectivity index (χ3v) is 4.54. The molecule has 2 rings (SSSR count). The van der Waals surface area contributed by atoms with E-state index in [1.165, 1.54) is 6.07 Å². The summed E-state index contributed by atoms with van der Waals surface area (Å²) < 4.78 is 27.4. The summed E-state index contributed by atoms with van der Waals surface area (Å²) >= 11 is 0. The summed E-state index contributed by atoms with van der Waals surface area (Å²) in [6, 6.07) is 10.5. The standard InChI is InChI=1S/C15H19N3O2S/c1-11(2)12-6-8-13(9-7-12)18-21(19,20)14-5-4-10-17-15(14)16-3/h4-11,18H,1-3H3,(H,16,17). The molecule has 0 saturated carbocycles. The first-order chi connectivity index (χ1) is 9.94. The molecule has 6 heteroatoms. The second-order valence-electron chi connectivity index (χ2n) is 4.98. The first-order valence-electron chi connectivity index (χ1n) is 6.69. The number of aromatic nitrogens is 1. The summed E-state index contributed by atoms with van der Waals surface area (Å²) in [7, 11) is -2.03. The lowest BCUT2D eigenvalue weighted by molar-refractivity contribution is 0.601. The van der Waals surface area contributed by atoms with E-state index in [0.717, 1.165) is 5.56 Å². The van der Waals surface area contributed by atoms with E-state index < -0.39 is 10.0 Å². The van der Waals surface area contributed by atoms with Crippen LogP contribution in [0.15, 0.2) is 47.5 Å². The van der Waals surface area contributed by atoms with Gasteiger partial charge < -0.3 is 5.32 Å². The summed E-state index contributed by atoms with van der Waals surface area (Å²) in [5.41, 5.74) is 1.69. The molecule has 21 heavy (non-hydrogen) atoms. The lowest BCUT2D eigenvalue weighted by atomic mass is 10.0. The van der Waals surface area contributed by atoms with E-state index in [9.17, 15) is 8.42 Å². The number of nitrogens with zero attached hydrogens (tertiary/aromatic N) is 1. The lowest BCUT2D eigenvalue weighted by Crippen LogP contribution is -2.15. The Hall–Kier alpha value is -2.08. The van der Waals surface area contributed by atoms with Crippen LogP contribution in [0.4, 0.5) is 11.5 Å². The molecule has 5 nitrogen and oxygen atoms in total. The largest absolute Gasteiger partial charge is 0.372 e. The lowest BCUT2D eigenvalue weighted by Gasteiger charge is -2.12. The average Bonchev–Trinajstić information content (AvgIpc) is 2.47. The molecule has 1 aromatic heterocycles. The van der Waals surface area contributed by atoms with Crippen molar-refractivity contribution in [2.75, 3.05) is 17.1 Å². The molecule has 0 spiro atoms. The maximum atomic E-state index is 12.4. The Morgan fingerprint density at radius 2 is 1.76 bits per heavy atom. The van der Waals surface area contributed by atoms with Crippen molar-refractivity contribution in [1.29, 1.82) is 0 Å². The molecule has 0 aliphatic heterocycles. The molecule has 0 bridgehead atoms. The van der Waals surface area contributed by atoms with Gasteiger partial charge in [-0.2, -0.15) is 0 Å². The normalized spacial score (nSPS) is 11.4. The molecular weight excluding hydrogens is 286 g/mol. The molecule has 1 heterocycles. The highest BCUT2D eigenvalue weighted by molar-refractivity contribution is 7.92. The van der Waals surface area contributed by atoms with Gasteiger partial charge in [0.25, 0.3) is 10.0 Å². The highest BCUT2D eigenvalue weighted by Gasteiger charge is 2.18. The van der Waals surface area contributed by atoms with E-state index >= 15 is 0 Å². The van der Waals surface area contributed by atoms with Crippen LogP contribution >= 0.6 is 0 Å². The van der Waals surface area contributed by atoms with Gasteiger partial charge in [-0.15, -0.1) is 0 Å². The fourth-order valence-corrected chi connectivity index (χ4v) is 3.16. The van der Waals surface area contributed by atoms with Crippen molar-refractivity contribution in [2.24, 2.45) is 0 Å². The maximum Gasteiger partial charge on any atom is 0.265 e. The fourth-order valence-electron chi connectivity index (χ4n) is 1.94. The van der Waals surface area contributed by atoms with Crippen LogP contribution < -0.4 is 10.0 Å². The number of nitrogens with one attached hydrogen (secondary N) is 2. The highest BCUT2D eigenvalue weighted by Crippen LogP contribution is 2.22. The van der Waals surface area contributed by atoms with Crippen molar-refractivity contribution in [3.05, 3.63) is 48.2 Å². The number of rotatable bonds is 5. The number of benzene rings is 1. The Morgan fingerprint density at radius 3 is 2.33 bits per heavy atom. The number of sulfonamides is 1. The summed E-state index contributed by atoms with van der Waals surface area (Å²) in [5.74, 6) is 0.730. The van der Waals surface area contributed by atoms with Crippen molar-refractivity contribution in [3.8, 4) is 0 Å². The molecule has 1 aromatic carbocycles. The van der Waals surface area contributed by atoms with Crippen LogP contribution in [0, 0.1) is 0 Å². The van der Waals surface area contributed by atoms with Gasteiger partial charge in [-0.3, -0.25) is 4.72 Å². The molecule has 112 valence electrons. The van der Waals surface area contributed by atoms with Gasteiger partial charge in [-0.05, 0) is 35.7 Å². The van der Waals surface area contributed by atoms with E-state index in [1.54, 1.807) is 31.4 Å². The van der Waals surface area contributed by atoms with Gasteiger partial charge >= 0.3 is 0 Å². The van der Waals surface area contributed by atoms with E-state index in [0.29, 0.717) is 17.4 Å². The summed E-state index contributed by atoms with van der Waals surface area (Å²) in [5, 5.41) is 2.78. The summed E-state index contributed by atoms with van der Waals surface area (Å²) in [6.07, 6.45) is 1.54. The van der Waals surface area contributed by atoms with Gasteiger partial charge in [0.2, 0.25) is 0 Å². The Balaban J connectivity index is 2.29. The van der Waals surface area contributed by atoms with Crippen molar-refractivity contribution >= 4 is 21.5 Å². The van der Waals surface area contributed by atoms with Crippen molar-refractivity contribution < 1.29 is 8.42 Å². The van der Waals surface area contributed by atoms with Gasteiger partial charge in [-0.25, -0.2) is 13.4 Å². The molecule has 0 atom stereocenters. The quantitative estimate of drug-likeness (QED) is 0.890. The zero-order valence-corrected chi connectivity index (χ0v) is 13.1. The average molecular weight is 305 g/mol. The zero-order chi connectivity index (χ0) is 15.5. The Kier molecular flexibility index (Phi) is 4.47. The molecule has 0 saturated heterocycles. The predicted molar refractivity (Wildman–Crippen MR) is 85.1 cm³/mol. The van der Waals surface area contributed by atoms with Crippen LogP contribution in [-0.4, -0.2) is 20.4 Å². The second kappa shape index (κ2) is 6.13. The van der Waals surface area contributed by atoms with Crippen LogP contribution in [-0.2, 0) is 10.0 Å². The molecule has 0 unspecified atom stereocenters. The Bertz CT molecular complexity index is 710. The molecule has 0 fully saturated rings. The second-order valence-corrected chi connectivity index (χ2v) is 6.63. The van der Waals surface area contributed by atoms with Crippen LogP contribution in [0.25, 0.3) is 0 Å². The zero-order valence-electron chi connectivity index (χ0n) is 12.3. The number of anilines is 2. The fraction of sp³-hybridized carbons (Fsp3) is 0.267. The van der Waals surface area contributed by atoms with Crippen LogP contribution in [0.1, 0.15) is 25.3 Å². The molecular formula is C15H19N3O2S. The maximum absolute atomic E-state index is 12.4. The van der Waals surface area contributed by atoms with Gasteiger partial charge in [0.1, 0.15) is 10.7 Å². The van der Waals surface area contributed by atoms with Gasteiger partial charge in [0, 0.05) is 18.9 Å². The van der Waals surface area contributed by atoms with Crippen LogP contribution in [0.5, 0.6) is 0 Å². The Morgan fingerprint density at radius 1 is 1.10 bits per heavy atom. The van der Waals surface area contributed by atoms with E-state index in [2.05, 4.69) is 28.9 Å². The third kappa shape index (κ3) is 3.52. The number of hydrogen-bond donors (Lipinski definition) is 2. The number of pyridine rings is 1. The van der Waals surface area contributed by atoms with E-state index in [4.69, 9.17) is 0 Å². The first kappa shape index (κ1) is 15.3. The summed E-state index contributed by atoms with van der Waals surface area (Å²) in [4.78, 5) is 4.14. The summed E-state index contributed by atoms with van der Waals surface area (Å²) in [6.45, 7) is 4.18. The minimum Gasteiger partial charge on any atom is -0.372 e. The molecule has 0 amide bonds. The van der Waals surface area contributed by atoms with Crippen LogP contribution in [0.3, 0.4) is 0 Å². The minimum atomic E-state index is -3.66. The van der Waals surface area contributed by atoms with Crippen molar-refractivity contribution in [2.45, 2.75) is 24.7 Å².